The Morgan fingerprint density at radius 3 is 2.52 bits per heavy atom. The van der Waals surface area contributed by atoms with Gasteiger partial charge in [-0.25, -0.2) is 4.98 Å². The Morgan fingerprint density at radius 2 is 1.90 bits per heavy atom. The van der Waals surface area contributed by atoms with Gasteiger partial charge in [0.15, 0.2) is 11.9 Å². The van der Waals surface area contributed by atoms with E-state index >= 15 is 0 Å². The Kier molecular flexibility index (Phi) is 6.19. The molecule has 2 aromatic carbocycles. The molecule has 3 rings (SSSR count). The van der Waals surface area contributed by atoms with Gasteiger partial charge in [0.2, 0.25) is 5.78 Å². The van der Waals surface area contributed by atoms with E-state index in [9.17, 15) is 4.79 Å². The van der Waals surface area contributed by atoms with Gasteiger partial charge in [-0.1, -0.05) is 16.8 Å². The summed E-state index contributed by atoms with van der Waals surface area (Å²) in [6.45, 7) is 3.52. The molecule has 3 aromatic rings. The van der Waals surface area contributed by atoms with Gasteiger partial charge in [-0.05, 0) is 56.3 Å². The van der Waals surface area contributed by atoms with E-state index < -0.39 is 6.10 Å². The van der Waals surface area contributed by atoms with E-state index in [1.54, 1.807) is 56.8 Å². The molecule has 0 aliphatic carbocycles. The van der Waals surface area contributed by atoms with Gasteiger partial charge in [-0.3, -0.25) is 4.79 Å². The Balaban J connectivity index is 1.75. The van der Waals surface area contributed by atoms with Crippen LogP contribution in [-0.4, -0.2) is 34.4 Å². The number of ether oxygens (including phenoxy) is 1. The van der Waals surface area contributed by atoms with E-state index in [2.05, 4.69) is 10.1 Å². The van der Waals surface area contributed by atoms with Crippen LogP contribution in [0.4, 0.5) is 0 Å². The summed E-state index contributed by atoms with van der Waals surface area (Å²) in [7, 11) is 1.57. The number of Topliss-reactive ketones (excluding diaryl/α,β-unsaturated/α-hetero) is 1. The fourth-order valence-electron chi connectivity index (χ4n) is 2.69. The van der Waals surface area contributed by atoms with Crippen molar-refractivity contribution in [3.63, 3.8) is 0 Å². The number of aryl methyl sites for hydroxylation is 1. The maximum absolute atomic E-state index is 12.4. The molecule has 0 saturated carbocycles. The molecule has 29 heavy (non-hydrogen) atoms. The number of imidazole rings is 1. The number of amidine groups is 1. The van der Waals surface area contributed by atoms with Gasteiger partial charge >= 0.3 is 0 Å². The monoisotopic (exact) mass is 412 g/mol. The number of nitrogens with zero attached hydrogens (tertiary/aromatic N) is 3. The number of methoxy groups -OCH3 is 1. The minimum Gasteiger partial charge on any atom is -0.495 e. The van der Waals surface area contributed by atoms with Crippen molar-refractivity contribution in [2.45, 2.75) is 20.0 Å². The molecule has 0 bridgehead atoms. The topological polar surface area (TPSA) is 91.7 Å². The molecule has 0 fully saturated rings. The average molecular weight is 413 g/mol. The Labute approximate surface area is 173 Å². The molecule has 1 unspecified atom stereocenters. The van der Waals surface area contributed by atoms with Crippen molar-refractivity contribution < 1.29 is 14.4 Å². The number of carbonyl (C=O) groups excluding carboxylic acids is 1. The predicted octanol–water partition coefficient (Wildman–Crippen LogP) is 3.75. The van der Waals surface area contributed by atoms with Crippen LogP contribution in [0.3, 0.4) is 0 Å². The fourth-order valence-corrected chi connectivity index (χ4v) is 2.81. The smallest absolute Gasteiger partial charge is 0.205 e. The quantitative estimate of drug-likeness (QED) is 0.276. The van der Waals surface area contributed by atoms with Gasteiger partial charge in [0.25, 0.3) is 0 Å². The van der Waals surface area contributed by atoms with Crippen molar-refractivity contribution in [3.8, 4) is 11.4 Å². The zero-order valence-electron chi connectivity index (χ0n) is 16.3. The molecule has 1 heterocycles. The normalized spacial score (nSPS) is 12.5. The van der Waals surface area contributed by atoms with E-state index in [-0.39, 0.29) is 11.6 Å². The Bertz CT molecular complexity index is 1040. The van der Waals surface area contributed by atoms with Gasteiger partial charge in [0.1, 0.15) is 5.75 Å². The minimum atomic E-state index is -0.801. The zero-order valence-corrected chi connectivity index (χ0v) is 17.1. The van der Waals surface area contributed by atoms with Crippen molar-refractivity contribution in [2.75, 3.05) is 7.11 Å². The number of nitrogens with two attached hydrogens (primary N) is 1. The molecule has 8 heteroatoms. The van der Waals surface area contributed by atoms with Gasteiger partial charge in [0, 0.05) is 22.3 Å². The molecule has 0 aliphatic heterocycles. The Morgan fingerprint density at radius 1 is 1.21 bits per heavy atom. The highest BCUT2D eigenvalue weighted by Gasteiger charge is 2.17. The summed E-state index contributed by atoms with van der Waals surface area (Å²) >= 11 is 5.85. The zero-order chi connectivity index (χ0) is 21.0. The third-order valence-electron chi connectivity index (χ3n) is 4.27. The van der Waals surface area contributed by atoms with Crippen molar-refractivity contribution >= 4 is 23.2 Å². The summed E-state index contributed by atoms with van der Waals surface area (Å²) in [4.78, 5) is 21.9. The van der Waals surface area contributed by atoms with Crippen LogP contribution in [0, 0.1) is 6.92 Å². The van der Waals surface area contributed by atoms with Crippen LogP contribution in [-0.2, 0) is 4.84 Å². The second-order valence-corrected chi connectivity index (χ2v) is 6.84. The molecule has 7 nitrogen and oxygen atoms in total. The summed E-state index contributed by atoms with van der Waals surface area (Å²) in [5.41, 5.74) is 8.84. The van der Waals surface area contributed by atoms with Gasteiger partial charge in [0.05, 0.1) is 24.8 Å². The maximum Gasteiger partial charge on any atom is 0.205 e. The first kappa shape index (κ1) is 20.4. The van der Waals surface area contributed by atoms with Crippen LogP contribution in [0.25, 0.3) is 5.69 Å². The largest absolute Gasteiger partial charge is 0.495 e. The van der Waals surface area contributed by atoms with E-state index in [0.29, 0.717) is 21.9 Å². The van der Waals surface area contributed by atoms with Crippen molar-refractivity contribution in [1.82, 2.24) is 9.55 Å². The van der Waals surface area contributed by atoms with E-state index in [0.717, 1.165) is 11.4 Å². The van der Waals surface area contributed by atoms with Crippen molar-refractivity contribution in [3.05, 3.63) is 76.8 Å². The lowest BCUT2D eigenvalue weighted by atomic mass is 10.1. The fraction of sp³-hybridized carbons (Fsp3) is 0.190. The first-order chi connectivity index (χ1) is 13.9. The van der Waals surface area contributed by atoms with Crippen LogP contribution in [0.2, 0.25) is 5.02 Å². The summed E-state index contributed by atoms with van der Waals surface area (Å²) < 4.78 is 7.32. The van der Waals surface area contributed by atoms with Crippen LogP contribution in [0.1, 0.15) is 28.5 Å². The van der Waals surface area contributed by atoms with Crippen LogP contribution in [0.15, 0.2) is 60.1 Å². The highest BCUT2D eigenvalue weighted by molar-refractivity contribution is 6.30. The van der Waals surface area contributed by atoms with Crippen LogP contribution >= 0.6 is 11.6 Å². The van der Waals surface area contributed by atoms with Gasteiger partial charge in [-0.15, -0.1) is 0 Å². The number of ketones is 1. The van der Waals surface area contributed by atoms with Crippen LogP contribution < -0.4 is 10.5 Å². The molecular weight excluding hydrogens is 392 g/mol. The molecular formula is C21H21ClN4O3. The number of aromatic nitrogens is 2. The molecule has 0 spiro atoms. The third kappa shape index (κ3) is 4.75. The minimum absolute atomic E-state index is 0.132. The number of oxime groups is 1. The molecule has 1 aromatic heterocycles. The number of rotatable bonds is 7. The number of hydrogen-bond donors (Lipinski definition) is 1. The standard InChI is InChI=1S/C21H21ClN4O3/c1-13-11-26(12-24-13)18-9-6-16(10-19(18)28-3)21(23)25-29-14(2)20(27)15-4-7-17(22)8-5-15/h4-12,14H,1-3H3,(H2,23,25). The first-order valence-corrected chi connectivity index (χ1v) is 9.25. The molecule has 0 amide bonds. The summed E-state index contributed by atoms with van der Waals surface area (Å²) in [6, 6.07) is 12.0. The lowest BCUT2D eigenvalue weighted by Gasteiger charge is -2.12. The van der Waals surface area contributed by atoms with E-state index in [1.807, 2.05) is 23.8 Å². The third-order valence-corrected chi connectivity index (χ3v) is 4.52. The number of hydrogen-bond acceptors (Lipinski definition) is 5. The maximum atomic E-state index is 12.4. The Hall–Kier alpha value is -3.32. The van der Waals surface area contributed by atoms with Crippen molar-refractivity contribution in [2.24, 2.45) is 10.9 Å². The lowest BCUT2D eigenvalue weighted by molar-refractivity contribution is 0.0503. The second kappa shape index (κ2) is 8.79. The highest BCUT2D eigenvalue weighted by Crippen LogP contribution is 2.24. The highest BCUT2D eigenvalue weighted by atomic mass is 35.5. The molecule has 2 N–H and O–H groups in total. The van der Waals surface area contributed by atoms with E-state index in [4.69, 9.17) is 26.9 Å². The second-order valence-electron chi connectivity index (χ2n) is 6.40. The number of benzene rings is 2. The summed E-state index contributed by atoms with van der Waals surface area (Å²) in [6.07, 6.45) is 2.80. The van der Waals surface area contributed by atoms with Gasteiger partial charge in [-0.2, -0.15) is 0 Å². The van der Waals surface area contributed by atoms with E-state index in [1.165, 1.54) is 0 Å². The SMILES string of the molecule is COc1cc(C(N)=NOC(C)C(=O)c2ccc(Cl)cc2)ccc1-n1cnc(C)c1. The average Bonchev–Trinajstić information content (AvgIpc) is 3.17. The molecule has 0 aliphatic rings. The molecule has 0 radical (unpaired) electrons. The van der Waals surface area contributed by atoms with Crippen molar-refractivity contribution in [1.29, 1.82) is 0 Å². The number of halogens is 1. The lowest BCUT2D eigenvalue weighted by Crippen LogP contribution is -2.21. The first-order valence-electron chi connectivity index (χ1n) is 8.87. The molecule has 1 atom stereocenters. The van der Waals surface area contributed by atoms with Gasteiger partial charge < -0.3 is 19.9 Å². The summed E-state index contributed by atoms with van der Waals surface area (Å²) in [5, 5.41) is 4.47. The van der Waals surface area contributed by atoms with Crippen LogP contribution in [0.5, 0.6) is 5.75 Å². The summed E-state index contributed by atoms with van der Waals surface area (Å²) in [5.74, 6) is 0.511. The predicted molar refractivity (Wildman–Crippen MR) is 112 cm³/mol. The number of carbonyl (C=O) groups is 1. The molecule has 150 valence electrons. The molecule has 0 saturated heterocycles.